The van der Waals surface area contributed by atoms with E-state index in [1.807, 2.05) is 24.3 Å². The van der Waals surface area contributed by atoms with Crippen molar-refractivity contribution in [2.75, 3.05) is 19.8 Å². The summed E-state index contributed by atoms with van der Waals surface area (Å²) in [6.45, 7) is 5.97. The van der Waals surface area contributed by atoms with Crippen molar-refractivity contribution in [2.45, 2.75) is 51.7 Å². The summed E-state index contributed by atoms with van der Waals surface area (Å²) in [4.78, 5) is 0. The summed E-state index contributed by atoms with van der Waals surface area (Å²) >= 11 is 0. The van der Waals surface area contributed by atoms with Crippen molar-refractivity contribution in [1.29, 1.82) is 0 Å². The third kappa shape index (κ3) is 6.93. The van der Waals surface area contributed by atoms with E-state index in [-0.39, 0.29) is 18.8 Å². The van der Waals surface area contributed by atoms with Crippen molar-refractivity contribution < 1.29 is 14.9 Å². The van der Waals surface area contributed by atoms with E-state index in [2.05, 4.69) is 19.2 Å². The molecule has 0 aliphatic heterocycles. The summed E-state index contributed by atoms with van der Waals surface area (Å²) in [5.74, 6) is 0.801. The molecule has 0 aliphatic rings. The first kappa shape index (κ1) is 18.0. The topological polar surface area (TPSA) is 61.7 Å². The maximum atomic E-state index is 9.49. The molecule has 0 bridgehead atoms. The van der Waals surface area contributed by atoms with E-state index in [1.165, 1.54) is 0 Å². The van der Waals surface area contributed by atoms with Crippen LogP contribution in [-0.2, 0) is 6.61 Å². The number of ether oxygens (including phenoxy) is 1. The number of hydrogen-bond acceptors (Lipinski definition) is 4. The van der Waals surface area contributed by atoms with Crippen LogP contribution in [0, 0.1) is 0 Å². The van der Waals surface area contributed by atoms with Crippen LogP contribution < -0.4 is 10.1 Å². The van der Waals surface area contributed by atoms with Gasteiger partial charge in [0, 0.05) is 5.54 Å². The van der Waals surface area contributed by atoms with Crippen LogP contribution in [0.25, 0.3) is 0 Å². The van der Waals surface area contributed by atoms with Gasteiger partial charge in [-0.3, -0.25) is 0 Å². The molecule has 1 rings (SSSR count). The van der Waals surface area contributed by atoms with Crippen LogP contribution in [0.15, 0.2) is 24.3 Å². The Balaban J connectivity index is 2.24. The number of aliphatic hydroxyl groups excluding tert-OH is 2. The van der Waals surface area contributed by atoms with E-state index < -0.39 is 0 Å². The highest BCUT2D eigenvalue weighted by atomic mass is 16.5. The Hall–Kier alpha value is -1.10. The minimum Gasteiger partial charge on any atom is -0.494 e. The summed E-state index contributed by atoms with van der Waals surface area (Å²) in [6.07, 6.45) is 3.96. The second-order valence-electron chi connectivity index (χ2n) is 5.76. The SMILES string of the molecule is CCCNC(C)(CO)CCCCOc1cccc(CO)c1. The van der Waals surface area contributed by atoms with Gasteiger partial charge in [0.25, 0.3) is 0 Å². The van der Waals surface area contributed by atoms with Gasteiger partial charge in [-0.2, -0.15) is 0 Å². The Morgan fingerprint density at radius 1 is 1.24 bits per heavy atom. The van der Waals surface area contributed by atoms with Gasteiger partial charge in [0.2, 0.25) is 0 Å². The fraction of sp³-hybridized carbons (Fsp3) is 0.647. The van der Waals surface area contributed by atoms with Gasteiger partial charge >= 0.3 is 0 Å². The molecule has 0 saturated heterocycles. The van der Waals surface area contributed by atoms with Gasteiger partial charge in [0.15, 0.2) is 0 Å². The van der Waals surface area contributed by atoms with E-state index in [1.54, 1.807) is 0 Å². The third-order valence-corrected chi connectivity index (χ3v) is 3.62. The molecule has 1 atom stereocenters. The monoisotopic (exact) mass is 295 g/mol. The molecule has 0 aliphatic carbocycles. The Kier molecular flexibility index (Phi) is 8.35. The van der Waals surface area contributed by atoms with Crippen LogP contribution in [0.5, 0.6) is 5.75 Å². The third-order valence-electron chi connectivity index (χ3n) is 3.62. The van der Waals surface area contributed by atoms with Crippen molar-refractivity contribution in [3.05, 3.63) is 29.8 Å². The average molecular weight is 295 g/mol. The van der Waals surface area contributed by atoms with Crippen molar-refractivity contribution >= 4 is 0 Å². The molecule has 0 heterocycles. The number of benzene rings is 1. The highest BCUT2D eigenvalue weighted by molar-refractivity contribution is 5.27. The van der Waals surface area contributed by atoms with E-state index in [9.17, 15) is 5.11 Å². The molecule has 0 saturated carbocycles. The second-order valence-corrected chi connectivity index (χ2v) is 5.76. The fourth-order valence-electron chi connectivity index (χ4n) is 2.19. The molecule has 3 N–H and O–H groups in total. The minimum atomic E-state index is -0.188. The number of aliphatic hydroxyl groups is 2. The normalized spacial score (nSPS) is 13.9. The van der Waals surface area contributed by atoms with E-state index in [0.29, 0.717) is 6.61 Å². The standard InChI is InChI=1S/C17H29NO3/c1-3-10-18-17(2,14-20)9-4-5-11-21-16-8-6-7-15(12-16)13-19/h6-8,12,18-20H,3-5,9-11,13-14H2,1-2H3. The molecule has 1 aromatic rings. The minimum absolute atomic E-state index is 0.0369. The first-order chi connectivity index (χ1) is 10.1. The van der Waals surface area contributed by atoms with Gasteiger partial charge in [0.1, 0.15) is 5.75 Å². The lowest BCUT2D eigenvalue weighted by Gasteiger charge is -2.28. The van der Waals surface area contributed by atoms with E-state index in [4.69, 9.17) is 9.84 Å². The zero-order valence-corrected chi connectivity index (χ0v) is 13.3. The lowest BCUT2D eigenvalue weighted by molar-refractivity contribution is 0.160. The molecule has 4 nitrogen and oxygen atoms in total. The van der Waals surface area contributed by atoms with Crippen molar-refractivity contribution in [3.63, 3.8) is 0 Å². The van der Waals surface area contributed by atoms with Crippen molar-refractivity contribution in [2.24, 2.45) is 0 Å². The predicted octanol–water partition coefficient (Wildman–Crippen LogP) is 2.48. The Bertz CT molecular complexity index is 397. The van der Waals surface area contributed by atoms with Gasteiger partial charge in [-0.15, -0.1) is 0 Å². The molecule has 0 radical (unpaired) electrons. The summed E-state index contributed by atoms with van der Waals surface area (Å²) in [5.41, 5.74) is 0.677. The zero-order chi connectivity index (χ0) is 15.6. The van der Waals surface area contributed by atoms with Crippen LogP contribution in [0.3, 0.4) is 0 Å². The molecule has 4 heteroatoms. The van der Waals surface area contributed by atoms with Gasteiger partial charge in [-0.25, -0.2) is 0 Å². The van der Waals surface area contributed by atoms with Gasteiger partial charge in [-0.1, -0.05) is 19.1 Å². The molecular formula is C17H29NO3. The average Bonchev–Trinajstić information content (AvgIpc) is 2.53. The highest BCUT2D eigenvalue weighted by Crippen LogP contribution is 2.16. The number of nitrogens with one attached hydrogen (secondary N) is 1. The van der Waals surface area contributed by atoms with Crippen LogP contribution in [0.2, 0.25) is 0 Å². The first-order valence-electron chi connectivity index (χ1n) is 7.82. The predicted molar refractivity (Wildman–Crippen MR) is 85.5 cm³/mol. The largest absolute Gasteiger partial charge is 0.494 e. The lowest BCUT2D eigenvalue weighted by Crippen LogP contribution is -2.46. The van der Waals surface area contributed by atoms with Crippen LogP contribution in [0.1, 0.15) is 45.1 Å². The maximum Gasteiger partial charge on any atom is 0.119 e. The zero-order valence-electron chi connectivity index (χ0n) is 13.3. The van der Waals surface area contributed by atoms with Gasteiger partial charge < -0.3 is 20.3 Å². The highest BCUT2D eigenvalue weighted by Gasteiger charge is 2.21. The number of unbranched alkanes of at least 4 members (excludes halogenated alkanes) is 1. The summed E-state index contributed by atoms with van der Waals surface area (Å²) in [5, 5.41) is 22.0. The molecule has 0 fully saturated rings. The Morgan fingerprint density at radius 2 is 2.05 bits per heavy atom. The van der Waals surface area contributed by atoms with Gasteiger partial charge in [0.05, 0.1) is 19.8 Å². The fourth-order valence-corrected chi connectivity index (χ4v) is 2.19. The number of hydrogen-bond donors (Lipinski definition) is 3. The summed E-state index contributed by atoms with van der Waals surface area (Å²) in [7, 11) is 0. The van der Waals surface area contributed by atoms with Crippen LogP contribution in [0.4, 0.5) is 0 Å². The second kappa shape index (κ2) is 9.77. The van der Waals surface area contributed by atoms with E-state index in [0.717, 1.165) is 43.5 Å². The Labute approximate surface area is 128 Å². The summed E-state index contributed by atoms with van der Waals surface area (Å²) in [6, 6.07) is 7.53. The number of rotatable bonds is 11. The van der Waals surface area contributed by atoms with Crippen molar-refractivity contribution in [1.82, 2.24) is 5.32 Å². The quantitative estimate of drug-likeness (QED) is 0.549. The molecule has 0 spiro atoms. The van der Waals surface area contributed by atoms with Crippen molar-refractivity contribution in [3.8, 4) is 5.75 Å². The maximum absolute atomic E-state index is 9.49. The molecule has 0 amide bonds. The molecule has 1 aromatic carbocycles. The van der Waals surface area contributed by atoms with Crippen LogP contribution >= 0.6 is 0 Å². The molecule has 120 valence electrons. The molecule has 1 unspecified atom stereocenters. The smallest absolute Gasteiger partial charge is 0.119 e. The lowest BCUT2D eigenvalue weighted by atomic mass is 9.95. The summed E-state index contributed by atoms with van der Waals surface area (Å²) < 4.78 is 5.68. The first-order valence-corrected chi connectivity index (χ1v) is 7.82. The molecular weight excluding hydrogens is 266 g/mol. The molecule has 0 aromatic heterocycles. The van der Waals surface area contributed by atoms with Gasteiger partial charge in [-0.05, 0) is 56.8 Å². The van der Waals surface area contributed by atoms with Crippen LogP contribution in [-0.4, -0.2) is 35.5 Å². The molecule has 21 heavy (non-hydrogen) atoms. The van der Waals surface area contributed by atoms with E-state index >= 15 is 0 Å². The Morgan fingerprint density at radius 3 is 2.71 bits per heavy atom.